The summed E-state index contributed by atoms with van der Waals surface area (Å²) in [6, 6.07) is 5.24. The van der Waals surface area contributed by atoms with Crippen LogP contribution in [0.4, 0.5) is 0 Å². The number of carboxylic acid groups (broad SMARTS) is 2. The Hall–Kier alpha value is -2.85. The van der Waals surface area contributed by atoms with Gasteiger partial charge in [0.05, 0.1) is 16.8 Å². The molecule has 0 bridgehead atoms. The molecule has 1 aromatic carbocycles. The number of carbonyl (C=O) groups is 4. The van der Waals surface area contributed by atoms with Crippen LogP contribution in [0.15, 0.2) is 30.5 Å². The number of fused-ring (bicyclic) bond motifs is 1. The molecule has 0 aliphatic carbocycles. The lowest BCUT2D eigenvalue weighted by molar-refractivity contribution is -0.141. The molecular weight excluding hydrogens is 458 g/mol. The van der Waals surface area contributed by atoms with Gasteiger partial charge < -0.3 is 21.3 Å². The third-order valence-corrected chi connectivity index (χ3v) is 6.03. The van der Waals surface area contributed by atoms with Gasteiger partial charge in [-0.05, 0) is 36.8 Å². The minimum absolute atomic E-state index is 0.00345. The van der Waals surface area contributed by atoms with E-state index >= 15 is 0 Å². The number of aromatic nitrogens is 1. The zero-order valence-electron chi connectivity index (χ0n) is 19.4. The van der Waals surface area contributed by atoms with Crippen LogP contribution in [0.3, 0.4) is 0 Å². The first-order valence-corrected chi connectivity index (χ1v) is 11.8. The fraction of sp³-hybridized carbons (Fsp3) is 0.500. The number of benzene rings is 1. The zero-order valence-corrected chi connectivity index (χ0v) is 20.3. The molecule has 5 N–H and O–H groups in total. The standard InChI is InChI=1S/C24H33N3O6S/c1-14(2)11-17(25)23(31)27-13-15(16-7-3-4-8-19(16)27)12-18(24(32)33)26-22(30)20(34)9-5-6-10-21(28)29/h3-4,7-8,13-14,17-18,20,34H,5-6,9-12,25H2,1-2H3,(H,26,30)(H,28,29)(H,32,33)/t17-,18-,20?/m0/s1. The molecule has 0 saturated heterocycles. The van der Waals surface area contributed by atoms with Gasteiger partial charge in [0, 0.05) is 24.4 Å². The highest BCUT2D eigenvalue weighted by atomic mass is 32.1. The summed E-state index contributed by atoms with van der Waals surface area (Å²) in [6.07, 6.45) is 3.32. The van der Waals surface area contributed by atoms with Crippen molar-refractivity contribution in [2.45, 2.75) is 69.7 Å². The van der Waals surface area contributed by atoms with Crippen LogP contribution in [-0.2, 0) is 20.8 Å². The van der Waals surface area contributed by atoms with Crippen LogP contribution in [0.25, 0.3) is 10.9 Å². The zero-order chi connectivity index (χ0) is 25.4. The van der Waals surface area contributed by atoms with Crippen LogP contribution in [-0.4, -0.2) is 55.9 Å². The van der Waals surface area contributed by atoms with Crippen molar-refractivity contribution in [1.29, 1.82) is 0 Å². The number of nitrogens with one attached hydrogen (secondary N) is 1. The Bertz CT molecular complexity index is 1030. The third kappa shape index (κ3) is 7.59. The maximum atomic E-state index is 13.0. The Morgan fingerprint density at radius 1 is 1.12 bits per heavy atom. The van der Waals surface area contributed by atoms with Gasteiger partial charge in [0.25, 0.3) is 0 Å². The van der Waals surface area contributed by atoms with Gasteiger partial charge in [-0.25, -0.2) is 4.79 Å². The van der Waals surface area contributed by atoms with Gasteiger partial charge in [-0.2, -0.15) is 12.6 Å². The molecular formula is C24H33N3O6S. The molecule has 3 atom stereocenters. The van der Waals surface area contributed by atoms with Crippen LogP contribution < -0.4 is 11.1 Å². The fourth-order valence-electron chi connectivity index (χ4n) is 3.82. The van der Waals surface area contributed by atoms with E-state index in [0.717, 1.165) is 0 Å². The van der Waals surface area contributed by atoms with Crippen LogP contribution in [0.5, 0.6) is 0 Å². The number of carbonyl (C=O) groups excluding carboxylic acids is 2. The van der Waals surface area contributed by atoms with Crippen molar-refractivity contribution in [3.63, 3.8) is 0 Å². The van der Waals surface area contributed by atoms with Crippen molar-refractivity contribution >= 4 is 47.3 Å². The molecule has 0 spiro atoms. The quantitative estimate of drug-likeness (QED) is 0.213. The number of amides is 1. The Morgan fingerprint density at radius 3 is 2.41 bits per heavy atom. The van der Waals surface area contributed by atoms with Crippen LogP contribution in [0, 0.1) is 5.92 Å². The topological polar surface area (TPSA) is 152 Å². The molecule has 1 amide bonds. The molecule has 186 valence electrons. The maximum Gasteiger partial charge on any atom is 0.326 e. The third-order valence-electron chi connectivity index (χ3n) is 5.53. The minimum Gasteiger partial charge on any atom is -0.481 e. The van der Waals surface area contributed by atoms with Gasteiger partial charge in [-0.1, -0.05) is 38.5 Å². The second-order valence-electron chi connectivity index (χ2n) is 8.87. The normalized spacial score (nSPS) is 14.0. The summed E-state index contributed by atoms with van der Waals surface area (Å²) in [6.45, 7) is 3.96. The van der Waals surface area contributed by atoms with Crippen molar-refractivity contribution in [1.82, 2.24) is 9.88 Å². The van der Waals surface area contributed by atoms with Crippen LogP contribution in [0.1, 0.15) is 56.3 Å². The molecule has 0 radical (unpaired) electrons. The van der Waals surface area contributed by atoms with E-state index in [1.165, 1.54) is 4.57 Å². The number of para-hydroxylation sites is 1. The van der Waals surface area contributed by atoms with E-state index < -0.39 is 35.2 Å². The lowest BCUT2D eigenvalue weighted by Crippen LogP contribution is -2.45. The predicted molar refractivity (Wildman–Crippen MR) is 132 cm³/mol. The molecule has 2 aromatic rings. The second kappa shape index (κ2) is 12.6. The summed E-state index contributed by atoms with van der Waals surface area (Å²) < 4.78 is 1.46. The number of nitrogens with two attached hydrogens (primary N) is 1. The number of carboxylic acids is 2. The number of rotatable bonds is 13. The Morgan fingerprint density at radius 2 is 1.79 bits per heavy atom. The molecule has 1 unspecified atom stereocenters. The van der Waals surface area contributed by atoms with Gasteiger partial charge >= 0.3 is 11.9 Å². The fourth-order valence-corrected chi connectivity index (χ4v) is 4.07. The van der Waals surface area contributed by atoms with Gasteiger partial charge in [-0.3, -0.25) is 19.0 Å². The first kappa shape index (κ1) is 27.4. The summed E-state index contributed by atoms with van der Waals surface area (Å²) in [5, 5.41) is 20.9. The van der Waals surface area contributed by atoms with E-state index in [0.29, 0.717) is 42.1 Å². The molecule has 1 aromatic heterocycles. The number of unbranched alkanes of at least 4 members (excludes halogenated alkanes) is 1. The molecule has 2 rings (SSSR count). The van der Waals surface area contributed by atoms with Crippen molar-refractivity contribution in [3.05, 3.63) is 36.0 Å². The highest BCUT2D eigenvalue weighted by Crippen LogP contribution is 2.24. The monoisotopic (exact) mass is 491 g/mol. The highest BCUT2D eigenvalue weighted by molar-refractivity contribution is 7.81. The van der Waals surface area contributed by atoms with E-state index in [9.17, 15) is 24.3 Å². The van der Waals surface area contributed by atoms with E-state index in [1.54, 1.807) is 30.5 Å². The number of aliphatic carboxylic acids is 2. The minimum atomic E-state index is -1.22. The van der Waals surface area contributed by atoms with Gasteiger partial charge in [0.1, 0.15) is 6.04 Å². The van der Waals surface area contributed by atoms with E-state index in [-0.39, 0.29) is 24.7 Å². The van der Waals surface area contributed by atoms with E-state index in [1.807, 2.05) is 13.8 Å². The largest absolute Gasteiger partial charge is 0.481 e. The van der Waals surface area contributed by atoms with Crippen molar-refractivity contribution in [2.24, 2.45) is 11.7 Å². The van der Waals surface area contributed by atoms with Crippen molar-refractivity contribution in [3.8, 4) is 0 Å². The van der Waals surface area contributed by atoms with E-state index in [4.69, 9.17) is 10.8 Å². The van der Waals surface area contributed by atoms with Gasteiger partial charge in [-0.15, -0.1) is 0 Å². The first-order valence-electron chi connectivity index (χ1n) is 11.3. The molecule has 9 nitrogen and oxygen atoms in total. The molecule has 34 heavy (non-hydrogen) atoms. The summed E-state index contributed by atoms with van der Waals surface area (Å²) in [4.78, 5) is 48.0. The average Bonchev–Trinajstić information content (AvgIpc) is 3.13. The Labute approximate surface area is 204 Å². The predicted octanol–water partition coefficient (Wildman–Crippen LogP) is 2.71. The SMILES string of the molecule is CC(C)C[C@H](N)C(=O)n1cc(C[C@H](NC(=O)C(S)CCCCC(=O)O)C(=O)O)c2ccccc21. The van der Waals surface area contributed by atoms with Crippen molar-refractivity contribution in [2.75, 3.05) is 0 Å². The Kier molecular flexibility index (Phi) is 10.1. The number of hydrogen-bond acceptors (Lipinski definition) is 6. The smallest absolute Gasteiger partial charge is 0.326 e. The van der Waals surface area contributed by atoms with Crippen molar-refractivity contribution < 1.29 is 29.4 Å². The van der Waals surface area contributed by atoms with Gasteiger partial charge in [0.2, 0.25) is 11.8 Å². The molecule has 0 aliphatic rings. The average molecular weight is 492 g/mol. The number of hydrogen-bond donors (Lipinski definition) is 5. The van der Waals surface area contributed by atoms with Crippen LogP contribution >= 0.6 is 12.6 Å². The molecule has 0 saturated carbocycles. The highest BCUT2D eigenvalue weighted by Gasteiger charge is 2.26. The van der Waals surface area contributed by atoms with Gasteiger partial charge in [0.15, 0.2) is 0 Å². The summed E-state index contributed by atoms with van der Waals surface area (Å²) in [5.41, 5.74) is 7.33. The summed E-state index contributed by atoms with van der Waals surface area (Å²) >= 11 is 4.24. The molecule has 1 heterocycles. The number of thiol groups is 1. The molecule has 0 fully saturated rings. The lowest BCUT2D eigenvalue weighted by atomic mass is 10.0. The summed E-state index contributed by atoms with van der Waals surface area (Å²) in [5.74, 6) is -2.69. The Balaban J connectivity index is 2.17. The van der Waals surface area contributed by atoms with Crippen LogP contribution in [0.2, 0.25) is 0 Å². The first-order chi connectivity index (χ1) is 16.0. The number of nitrogens with zero attached hydrogens (tertiary/aromatic N) is 1. The molecule has 10 heteroatoms. The summed E-state index contributed by atoms with van der Waals surface area (Å²) in [7, 11) is 0. The van der Waals surface area contributed by atoms with E-state index in [2.05, 4.69) is 17.9 Å². The molecule has 0 aliphatic heterocycles. The maximum absolute atomic E-state index is 13.0. The lowest BCUT2D eigenvalue weighted by Gasteiger charge is -2.17. The second-order valence-corrected chi connectivity index (χ2v) is 9.50.